The number of methoxy groups -OCH3 is 1. The number of halogens is 1. The molecular weight excluding hydrogens is 360 g/mol. The van der Waals surface area contributed by atoms with E-state index in [1.807, 2.05) is 0 Å². The van der Waals surface area contributed by atoms with E-state index in [2.05, 4.69) is 0 Å². The zero-order valence-corrected chi connectivity index (χ0v) is 15.7. The first-order chi connectivity index (χ1) is 12.3. The smallest absolute Gasteiger partial charge is 0.323 e. The summed E-state index contributed by atoms with van der Waals surface area (Å²) >= 11 is 6.00. The van der Waals surface area contributed by atoms with Crippen molar-refractivity contribution in [3.63, 3.8) is 0 Å². The van der Waals surface area contributed by atoms with Crippen LogP contribution in [0.2, 0.25) is 5.02 Å². The van der Waals surface area contributed by atoms with Crippen LogP contribution in [0, 0.1) is 0 Å². The summed E-state index contributed by atoms with van der Waals surface area (Å²) in [5.41, 5.74) is 0.485. The number of carboxylic acid groups (broad SMARTS) is 1. The SMILES string of the molecule is COc1cc(C(=O)N2CCCC(N(CC(=O)O)C(C)=O)CC2)ccc1Cl. The van der Waals surface area contributed by atoms with E-state index in [4.69, 9.17) is 21.4 Å². The summed E-state index contributed by atoms with van der Waals surface area (Å²) in [5.74, 6) is -0.993. The first-order valence-corrected chi connectivity index (χ1v) is 8.83. The third kappa shape index (κ3) is 4.88. The van der Waals surface area contributed by atoms with Crippen molar-refractivity contribution in [2.45, 2.75) is 32.2 Å². The highest BCUT2D eigenvalue weighted by Crippen LogP contribution is 2.26. The monoisotopic (exact) mass is 382 g/mol. The van der Waals surface area contributed by atoms with Gasteiger partial charge in [0.2, 0.25) is 5.91 Å². The fraction of sp³-hybridized carbons (Fsp3) is 0.500. The van der Waals surface area contributed by atoms with Crippen molar-refractivity contribution in [1.29, 1.82) is 0 Å². The fourth-order valence-electron chi connectivity index (χ4n) is 3.21. The molecule has 1 unspecified atom stereocenters. The Bertz CT molecular complexity index is 694. The molecule has 1 atom stereocenters. The highest BCUT2D eigenvalue weighted by atomic mass is 35.5. The second-order valence-corrected chi connectivity index (χ2v) is 6.67. The molecule has 1 N–H and O–H groups in total. The lowest BCUT2D eigenvalue weighted by Crippen LogP contribution is -2.43. The highest BCUT2D eigenvalue weighted by Gasteiger charge is 2.28. The summed E-state index contributed by atoms with van der Waals surface area (Å²) in [6.45, 7) is 2.07. The van der Waals surface area contributed by atoms with E-state index in [-0.39, 0.29) is 24.4 Å². The van der Waals surface area contributed by atoms with Crippen LogP contribution in [-0.2, 0) is 9.59 Å². The van der Waals surface area contributed by atoms with Gasteiger partial charge in [-0.25, -0.2) is 0 Å². The third-order valence-corrected chi connectivity index (χ3v) is 4.85. The Kier molecular flexibility index (Phi) is 6.85. The van der Waals surface area contributed by atoms with Gasteiger partial charge in [0.15, 0.2) is 0 Å². The topological polar surface area (TPSA) is 87.2 Å². The van der Waals surface area contributed by atoms with Crippen molar-refractivity contribution in [3.8, 4) is 5.75 Å². The van der Waals surface area contributed by atoms with Crippen molar-refractivity contribution in [2.75, 3.05) is 26.7 Å². The lowest BCUT2D eigenvalue weighted by molar-refractivity contribution is -0.145. The van der Waals surface area contributed by atoms with Crippen molar-refractivity contribution >= 4 is 29.4 Å². The second kappa shape index (κ2) is 8.89. The standard InChI is InChI=1S/C18H23ClN2O5/c1-12(22)21(11-17(23)24)14-4-3-8-20(9-7-14)18(25)13-5-6-15(19)16(10-13)26-2/h5-6,10,14H,3-4,7-9,11H2,1-2H3,(H,23,24). The van der Waals surface area contributed by atoms with Crippen LogP contribution in [0.1, 0.15) is 36.5 Å². The van der Waals surface area contributed by atoms with Crippen LogP contribution in [-0.4, -0.2) is 65.5 Å². The summed E-state index contributed by atoms with van der Waals surface area (Å²) in [5, 5.41) is 9.45. The van der Waals surface area contributed by atoms with Crippen LogP contribution in [0.25, 0.3) is 0 Å². The first kappa shape index (κ1) is 20.0. The molecule has 2 rings (SSSR count). The number of hydrogen-bond donors (Lipinski definition) is 1. The van der Waals surface area contributed by atoms with E-state index in [9.17, 15) is 14.4 Å². The number of carbonyl (C=O) groups is 3. The molecular formula is C18H23ClN2O5. The number of aliphatic carboxylic acids is 1. The molecule has 0 radical (unpaired) electrons. The van der Waals surface area contributed by atoms with Gasteiger partial charge in [-0.15, -0.1) is 0 Å². The zero-order chi connectivity index (χ0) is 19.3. The van der Waals surface area contributed by atoms with Gasteiger partial charge in [-0.05, 0) is 37.5 Å². The van der Waals surface area contributed by atoms with Crippen LogP contribution in [0.5, 0.6) is 5.75 Å². The van der Waals surface area contributed by atoms with E-state index < -0.39 is 5.97 Å². The number of ether oxygens (including phenoxy) is 1. The van der Waals surface area contributed by atoms with Gasteiger partial charge >= 0.3 is 5.97 Å². The van der Waals surface area contributed by atoms with Gasteiger partial charge in [-0.3, -0.25) is 14.4 Å². The summed E-state index contributed by atoms with van der Waals surface area (Å²) in [7, 11) is 1.49. The van der Waals surface area contributed by atoms with Crippen LogP contribution in [0.4, 0.5) is 0 Å². The van der Waals surface area contributed by atoms with Crippen molar-refractivity contribution in [1.82, 2.24) is 9.80 Å². The van der Waals surface area contributed by atoms with E-state index >= 15 is 0 Å². The normalized spacial score (nSPS) is 17.3. The fourth-order valence-corrected chi connectivity index (χ4v) is 3.41. The van der Waals surface area contributed by atoms with Crippen LogP contribution >= 0.6 is 11.6 Å². The van der Waals surface area contributed by atoms with Gasteiger partial charge < -0.3 is 19.6 Å². The zero-order valence-electron chi connectivity index (χ0n) is 14.9. The molecule has 8 heteroatoms. The maximum atomic E-state index is 12.8. The molecule has 0 aliphatic carbocycles. The number of likely N-dealkylation sites (tertiary alicyclic amines) is 1. The summed E-state index contributed by atoms with van der Waals surface area (Å²) in [6.07, 6.45) is 1.91. The largest absolute Gasteiger partial charge is 0.495 e. The van der Waals surface area contributed by atoms with Gasteiger partial charge in [-0.1, -0.05) is 11.6 Å². The van der Waals surface area contributed by atoms with Gasteiger partial charge in [0.1, 0.15) is 12.3 Å². The number of amides is 2. The molecule has 0 bridgehead atoms. The van der Waals surface area contributed by atoms with Gasteiger partial charge in [0.25, 0.3) is 5.91 Å². The molecule has 1 aromatic carbocycles. The predicted octanol–water partition coefficient (Wildman–Crippen LogP) is 2.28. The minimum atomic E-state index is -1.04. The Morgan fingerprint density at radius 2 is 2.04 bits per heavy atom. The minimum absolute atomic E-state index is 0.131. The Morgan fingerprint density at radius 3 is 2.65 bits per heavy atom. The van der Waals surface area contributed by atoms with Crippen molar-refractivity contribution in [3.05, 3.63) is 28.8 Å². The molecule has 1 fully saturated rings. The molecule has 1 saturated heterocycles. The lowest BCUT2D eigenvalue weighted by Gasteiger charge is -2.28. The minimum Gasteiger partial charge on any atom is -0.495 e. The number of carbonyl (C=O) groups excluding carboxylic acids is 2. The molecule has 0 aromatic heterocycles. The number of benzene rings is 1. The molecule has 1 aromatic rings. The number of hydrogen-bond acceptors (Lipinski definition) is 4. The van der Waals surface area contributed by atoms with Crippen LogP contribution < -0.4 is 4.74 Å². The molecule has 1 heterocycles. The molecule has 1 aliphatic rings. The molecule has 0 spiro atoms. The second-order valence-electron chi connectivity index (χ2n) is 6.27. The molecule has 0 saturated carbocycles. The summed E-state index contributed by atoms with van der Waals surface area (Å²) in [4.78, 5) is 38.7. The quantitative estimate of drug-likeness (QED) is 0.844. The predicted molar refractivity (Wildman–Crippen MR) is 96.6 cm³/mol. The molecule has 7 nitrogen and oxygen atoms in total. The Balaban J connectivity index is 2.08. The Hall–Kier alpha value is -2.28. The average Bonchev–Trinajstić information content (AvgIpc) is 2.85. The molecule has 26 heavy (non-hydrogen) atoms. The summed E-state index contributed by atoms with van der Waals surface area (Å²) < 4.78 is 5.16. The van der Waals surface area contributed by atoms with Gasteiger partial charge in [0.05, 0.1) is 12.1 Å². The Morgan fingerprint density at radius 1 is 1.31 bits per heavy atom. The first-order valence-electron chi connectivity index (χ1n) is 8.45. The van der Waals surface area contributed by atoms with Gasteiger partial charge in [0, 0.05) is 31.6 Å². The van der Waals surface area contributed by atoms with Gasteiger partial charge in [-0.2, -0.15) is 0 Å². The van der Waals surface area contributed by atoms with E-state index in [0.717, 1.165) is 0 Å². The molecule has 1 aliphatic heterocycles. The maximum absolute atomic E-state index is 12.8. The number of carboxylic acids is 1. The van der Waals surface area contributed by atoms with E-state index in [0.29, 0.717) is 48.7 Å². The maximum Gasteiger partial charge on any atom is 0.323 e. The van der Waals surface area contributed by atoms with E-state index in [1.165, 1.54) is 18.9 Å². The summed E-state index contributed by atoms with van der Waals surface area (Å²) in [6, 6.07) is 4.71. The van der Waals surface area contributed by atoms with Crippen molar-refractivity contribution < 1.29 is 24.2 Å². The van der Waals surface area contributed by atoms with Crippen molar-refractivity contribution in [2.24, 2.45) is 0 Å². The lowest BCUT2D eigenvalue weighted by atomic mass is 10.1. The third-order valence-electron chi connectivity index (χ3n) is 4.53. The van der Waals surface area contributed by atoms with E-state index in [1.54, 1.807) is 23.1 Å². The molecule has 2 amide bonds. The van der Waals surface area contributed by atoms with Crippen LogP contribution in [0.3, 0.4) is 0 Å². The highest BCUT2D eigenvalue weighted by molar-refractivity contribution is 6.32. The van der Waals surface area contributed by atoms with Crippen LogP contribution in [0.15, 0.2) is 18.2 Å². The number of rotatable bonds is 5. The number of nitrogens with zero attached hydrogens (tertiary/aromatic N) is 2. The average molecular weight is 383 g/mol. The molecule has 142 valence electrons. The Labute approximate surface area is 157 Å².